The number of rotatable bonds is 1. The highest BCUT2D eigenvalue weighted by Gasteiger charge is 2.29. The molecule has 2 fully saturated rings. The summed E-state index contributed by atoms with van der Waals surface area (Å²) >= 11 is 0. The lowest BCUT2D eigenvalue weighted by molar-refractivity contribution is 0.136. The molecule has 4 heteroatoms. The Labute approximate surface area is 97.3 Å². The Bertz CT molecular complexity index is 250. The zero-order valence-electron chi connectivity index (χ0n) is 10.3. The molecule has 0 aromatic carbocycles. The second-order valence-corrected chi connectivity index (χ2v) is 5.66. The van der Waals surface area contributed by atoms with Crippen LogP contribution in [0.15, 0.2) is 0 Å². The fourth-order valence-corrected chi connectivity index (χ4v) is 2.23. The first-order chi connectivity index (χ1) is 7.57. The van der Waals surface area contributed by atoms with Gasteiger partial charge in [-0.15, -0.1) is 0 Å². The first-order valence-electron chi connectivity index (χ1n) is 6.20. The van der Waals surface area contributed by atoms with Crippen molar-refractivity contribution in [3.63, 3.8) is 0 Å². The maximum absolute atomic E-state index is 11.9. The van der Waals surface area contributed by atoms with Crippen LogP contribution in [0.25, 0.3) is 0 Å². The summed E-state index contributed by atoms with van der Waals surface area (Å²) in [6.07, 6.45) is 3.15. The van der Waals surface area contributed by atoms with E-state index < -0.39 is 0 Å². The van der Waals surface area contributed by atoms with Gasteiger partial charge in [-0.3, -0.25) is 0 Å². The molecule has 0 radical (unpaired) electrons. The number of nitrogens with zero attached hydrogens (tertiary/aromatic N) is 1. The van der Waals surface area contributed by atoms with Gasteiger partial charge in [0.15, 0.2) is 0 Å². The zero-order valence-corrected chi connectivity index (χ0v) is 10.3. The van der Waals surface area contributed by atoms with E-state index in [1.807, 2.05) is 4.90 Å². The summed E-state index contributed by atoms with van der Waals surface area (Å²) in [6.45, 7) is 7.75. The van der Waals surface area contributed by atoms with Gasteiger partial charge < -0.3 is 15.0 Å². The molecule has 0 aromatic rings. The van der Waals surface area contributed by atoms with E-state index in [4.69, 9.17) is 4.74 Å². The second kappa shape index (κ2) is 4.62. The summed E-state index contributed by atoms with van der Waals surface area (Å²) in [5, 5.41) is 3.04. The van der Waals surface area contributed by atoms with Crippen molar-refractivity contribution in [3.8, 4) is 0 Å². The number of nitrogens with one attached hydrogen (secondary N) is 1. The number of carbonyl (C=O) groups excluding carboxylic acids is 1. The van der Waals surface area contributed by atoms with E-state index in [1.54, 1.807) is 0 Å². The van der Waals surface area contributed by atoms with Crippen molar-refractivity contribution in [1.29, 1.82) is 0 Å². The molecule has 0 saturated carbocycles. The minimum atomic E-state index is 0.0889. The Kier molecular flexibility index (Phi) is 3.38. The van der Waals surface area contributed by atoms with Crippen LogP contribution in [0.5, 0.6) is 0 Å². The van der Waals surface area contributed by atoms with Crippen LogP contribution in [0.2, 0.25) is 0 Å². The van der Waals surface area contributed by atoms with Crippen LogP contribution in [0.4, 0.5) is 4.79 Å². The Balaban J connectivity index is 1.77. The summed E-state index contributed by atoms with van der Waals surface area (Å²) in [5.41, 5.74) is 0.396. The van der Waals surface area contributed by atoms with E-state index in [1.165, 1.54) is 0 Å². The van der Waals surface area contributed by atoms with Crippen LogP contribution >= 0.6 is 0 Å². The van der Waals surface area contributed by atoms with E-state index in [0.29, 0.717) is 12.0 Å². The number of carbonyl (C=O) groups is 1. The molecule has 0 aromatic heterocycles. The molecule has 2 heterocycles. The van der Waals surface area contributed by atoms with E-state index in [9.17, 15) is 4.79 Å². The molecular formula is C12H22N2O2. The molecule has 0 bridgehead atoms. The lowest BCUT2D eigenvalue weighted by Crippen LogP contribution is -2.49. The summed E-state index contributed by atoms with van der Waals surface area (Å²) in [6, 6.07) is 0.313. The molecule has 2 aliphatic rings. The smallest absolute Gasteiger partial charge is 0.317 e. The van der Waals surface area contributed by atoms with Gasteiger partial charge in [-0.1, -0.05) is 13.8 Å². The largest absolute Gasteiger partial charge is 0.379 e. The molecule has 92 valence electrons. The first-order valence-corrected chi connectivity index (χ1v) is 6.20. The van der Waals surface area contributed by atoms with E-state index >= 15 is 0 Å². The van der Waals surface area contributed by atoms with Gasteiger partial charge in [0.25, 0.3) is 0 Å². The van der Waals surface area contributed by atoms with Crippen LogP contribution in [0.1, 0.15) is 33.1 Å². The summed E-state index contributed by atoms with van der Waals surface area (Å²) in [5.74, 6) is 0. The van der Waals surface area contributed by atoms with Gasteiger partial charge in [0.1, 0.15) is 0 Å². The predicted molar refractivity (Wildman–Crippen MR) is 62.3 cm³/mol. The van der Waals surface area contributed by atoms with Gasteiger partial charge in [-0.2, -0.15) is 0 Å². The van der Waals surface area contributed by atoms with E-state index in [2.05, 4.69) is 19.2 Å². The van der Waals surface area contributed by atoms with Crippen molar-refractivity contribution in [1.82, 2.24) is 10.2 Å². The number of urea groups is 1. The molecule has 1 unspecified atom stereocenters. The van der Waals surface area contributed by atoms with Gasteiger partial charge in [-0.05, 0) is 24.7 Å². The normalized spacial score (nSPS) is 29.1. The Morgan fingerprint density at radius 2 is 2.06 bits per heavy atom. The Morgan fingerprint density at radius 3 is 2.62 bits per heavy atom. The molecule has 1 N–H and O–H groups in total. The van der Waals surface area contributed by atoms with E-state index in [0.717, 1.165) is 39.0 Å². The van der Waals surface area contributed by atoms with Crippen molar-refractivity contribution in [2.24, 2.45) is 5.41 Å². The fraction of sp³-hybridized carbons (Fsp3) is 0.917. The van der Waals surface area contributed by atoms with Crippen LogP contribution in [-0.2, 0) is 4.74 Å². The monoisotopic (exact) mass is 226 g/mol. The SMILES string of the molecule is CC1(C)CCN(C(=O)NC2CCOC2)CC1. The topological polar surface area (TPSA) is 41.6 Å². The van der Waals surface area contributed by atoms with Crippen LogP contribution in [0.3, 0.4) is 0 Å². The van der Waals surface area contributed by atoms with Gasteiger partial charge in [0.2, 0.25) is 0 Å². The Hall–Kier alpha value is -0.770. The molecule has 2 aliphatic heterocycles. The number of hydrogen-bond donors (Lipinski definition) is 1. The molecule has 1 atom stereocenters. The molecule has 2 rings (SSSR count). The zero-order chi connectivity index (χ0) is 11.6. The second-order valence-electron chi connectivity index (χ2n) is 5.66. The summed E-state index contributed by atoms with van der Waals surface area (Å²) < 4.78 is 5.25. The van der Waals surface area contributed by atoms with Crippen molar-refractivity contribution in [2.45, 2.75) is 39.2 Å². The fourth-order valence-electron chi connectivity index (χ4n) is 2.23. The number of ether oxygens (including phenoxy) is 1. The van der Waals surface area contributed by atoms with E-state index in [-0.39, 0.29) is 12.1 Å². The third kappa shape index (κ3) is 2.88. The molecule has 0 spiro atoms. The van der Waals surface area contributed by atoms with Gasteiger partial charge in [-0.25, -0.2) is 4.79 Å². The number of hydrogen-bond acceptors (Lipinski definition) is 2. The minimum Gasteiger partial charge on any atom is -0.379 e. The first kappa shape index (κ1) is 11.7. The molecule has 4 nitrogen and oxygen atoms in total. The van der Waals surface area contributed by atoms with Crippen molar-refractivity contribution < 1.29 is 9.53 Å². The van der Waals surface area contributed by atoms with Crippen molar-refractivity contribution in [3.05, 3.63) is 0 Å². The van der Waals surface area contributed by atoms with Crippen LogP contribution < -0.4 is 5.32 Å². The number of amides is 2. The molecular weight excluding hydrogens is 204 g/mol. The third-order valence-corrected chi connectivity index (χ3v) is 3.66. The van der Waals surface area contributed by atoms with Gasteiger partial charge in [0, 0.05) is 19.7 Å². The standard InChI is InChI=1S/C12H22N2O2/c1-12(2)4-6-14(7-5-12)11(15)13-10-3-8-16-9-10/h10H,3-9H2,1-2H3,(H,13,15). The summed E-state index contributed by atoms with van der Waals surface area (Å²) in [7, 11) is 0. The highest BCUT2D eigenvalue weighted by molar-refractivity contribution is 5.74. The highest BCUT2D eigenvalue weighted by Crippen LogP contribution is 2.29. The lowest BCUT2D eigenvalue weighted by atomic mass is 9.83. The minimum absolute atomic E-state index is 0.0889. The highest BCUT2D eigenvalue weighted by atomic mass is 16.5. The Morgan fingerprint density at radius 1 is 1.38 bits per heavy atom. The summed E-state index contributed by atoms with van der Waals surface area (Å²) in [4.78, 5) is 13.9. The molecule has 0 aliphatic carbocycles. The average Bonchev–Trinajstić information content (AvgIpc) is 2.70. The third-order valence-electron chi connectivity index (χ3n) is 3.66. The van der Waals surface area contributed by atoms with Crippen LogP contribution in [0, 0.1) is 5.41 Å². The molecule has 2 saturated heterocycles. The van der Waals surface area contributed by atoms with Crippen molar-refractivity contribution in [2.75, 3.05) is 26.3 Å². The number of piperidine rings is 1. The quantitative estimate of drug-likeness (QED) is 0.738. The van der Waals surface area contributed by atoms with Crippen LogP contribution in [-0.4, -0.2) is 43.3 Å². The number of likely N-dealkylation sites (tertiary alicyclic amines) is 1. The molecule has 16 heavy (non-hydrogen) atoms. The maximum Gasteiger partial charge on any atom is 0.317 e. The van der Waals surface area contributed by atoms with Gasteiger partial charge >= 0.3 is 6.03 Å². The predicted octanol–water partition coefficient (Wildman–Crippen LogP) is 1.61. The molecule has 2 amide bonds. The maximum atomic E-state index is 11.9. The van der Waals surface area contributed by atoms with Crippen molar-refractivity contribution >= 4 is 6.03 Å². The lowest BCUT2D eigenvalue weighted by Gasteiger charge is -2.37. The average molecular weight is 226 g/mol. The van der Waals surface area contributed by atoms with Gasteiger partial charge in [0.05, 0.1) is 12.6 Å².